The zero-order chi connectivity index (χ0) is 19.5. The predicted octanol–water partition coefficient (Wildman–Crippen LogP) is 4.47. The molecular weight excluding hydrogens is 352 g/mol. The van der Waals surface area contributed by atoms with E-state index in [1.54, 1.807) is 19.1 Å². The fraction of sp³-hybridized carbons (Fsp3) is 0.174. The fourth-order valence-electron chi connectivity index (χ4n) is 3.36. The van der Waals surface area contributed by atoms with Gasteiger partial charge in [-0.25, -0.2) is 0 Å². The second kappa shape index (κ2) is 7.64. The van der Waals surface area contributed by atoms with E-state index >= 15 is 0 Å². The van der Waals surface area contributed by atoms with Crippen LogP contribution in [-0.2, 0) is 6.61 Å². The Morgan fingerprint density at radius 2 is 1.71 bits per heavy atom. The van der Waals surface area contributed by atoms with Crippen LogP contribution in [0.5, 0.6) is 11.5 Å². The summed E-state index contributed by atoms with van der Waals surface area (Å²) in [6.45, 7) is 0.462. The lowest BCUT2D eigenvalue weighted by molar-refractivity contribution is 0.0735. The molecule has 3 aromatic rings. The molecule has 0 aliphatic carbocycles. The van der Waals surface area contributed by atoms with Gasteiger partial charge in [0.2, 0.25) is 0 Å². The van der Waals surface area contributed by atoms with Crippen molar-refractivity contribution in [3.63, 3.8) is 0 Å². The van der Waals surface area contributed by atoms with Gasteiger partial charge in [-0.05, 0) is 35.4 Å². The number of benzene rings is 3. The maximum Gasteiger partial charge on any atom is 0.257 e. The molecule has 4 rings (SSSR count). The van der Waals surface area contributed by atoms with Crippen LogP contribution in [0.4, 0.5) is 5.69 Å². The molecule has 1 atom stereocenters. The smallest absolute Gasteiger partial charge is 0.257 e. The Morgan fingerprint density at radius 3 is 2.50 bits per heavy atom. The number of rotatable bonds is 5. The molecule has 0 saturated heterocycles. The van der Waals surface area contributed by atoms with Gasteiger partial charge in [0.25, 0.3) is 5.91 Å². The lowest BCUT2D eigenvalue weighted by Gasteiger charge is -2.35. The summed E-state index contributed by atoms with van der Waals surface area (Å²) in [4.78, 5) is 14.4. The van der Waals surface area contributed by atoms with Crippen molar-refractivity contribution in [2.24, 2.45) is 0 Å². The molecule has 1 aliphatic heterocycles. The molecule has 5 heteroatoms. The Balaban J connectivity index is 1.58. The van der Waals surface area contributed by atoms with Gasteiger partial charge in [0.1, 0.15) is 12.8 Å². The van der Waals surface area contributed by atoms with E-state index in [1.807, 2.05) is 72.8 Å². The first kappa shape index (κ1) is 17.9. The molecule has 1 heterocycles. The number of methoxy groups -OCH3 is 1. The predicted molar refractivity (Wildman–Crippen MR) is 109 cm³/mol. The molecule has 1 N–H and O–H groups in total. The Morgan fingerprint density at radius 1 is 0.964 bits per heavy atom. The molecule has 0 spiro atoms. The summed E-state index contributed by atoms with van der Waals surface area (Å²) >= 11 is 0. The van der Waals surface area contributed by atoms with Crippen LogP contribution in [0.1, 0.15) is 27.7 Å². The van der Waals surface area contributed by atoms with Crippen molar-refractivity contribution >= 4 is 11.6 Å². The molecule has 1 amide bonds. The number of para-hydroxylation sites is 1. The lowest BCUT2D eigenvalue weighted by atomic mass is 10.0. The van der Waals surface area contributed by atoms with Gasteiger partial charge in [-0.15, -0.1) is 0 Å². The van der Waals surface area contributed by atoms with Gasteiger partial charge >= 0.3 is 0 Å². The minimum Gasteiger partial charge on any atom is -0.493 e. The molecule has 0 bridgehead atoms. The van der Waals surface area contributed by atoms with Gasteiger partial charge in [0.15, 0.2) is 11.5 Å². The average Bonchev–Trinajstić information content (AvgIpc) is 2.75. The summed E-state index contributed by atoms with van der Waals surface area (Å²) in [7, 11) is 3.41. The number of hydrogen-bond acceptors (Lipinski definition) is 4. The molecule has 1 aliphatic rings. The zero-order valence-corrected chi connectivity index (χ0v) is 15.9. The molecule has 0 saturated carbocycles. The SMILES string of the molecule is COc1cc(C2Nc3ccccc3C(=O)N2C)ccc1OCc1ccccc1. The van der Waals surface area contributed by atoms with Gasteiger partial charge in [-0.2, -0.15) is 0 Å². The molecule has 1 unspecified atom stereocenters. The minimum absolute atomic E-state index is 0.0114. The van der Waals surface area contributed by atoms with Gasteiger partial charge in [-0.1, -0.05) is 48.5 Å². The third kappa shape index (κ3) is 3.39. The van der Waals surface area contributed by atoms with Gasteiger partial charge < -0.3 is 19.7 Å². The Bertz CT molecular complexity index is 988. The topological polar surface area (TPSA) is 50.8 Å². The van der Waals surface area contributed by atoms with E-state index in [2.05, 4.69) is 5.32 Å². The molecule has 3 aromatic carbocycles. The highest BCUT2D eigenvalue weighted by Gasteiger charge is 2.30. The standard InChI is InChI=1S/C23H22N2O3/c1-25-22(24-19-11-7-6-10-18(19)23(25)26)17-12-13-20(21(14-17)27-2)28-15-16-8-4-3-5-9-16/h3-14,22,24H,15H2,1-2H3. The van der Waals surface area contributed by atoms with Gasteiger partial charge in [0, 0.05) is 12.7 Å². The molecule has 0 fully saturated rings. The van der Waals surface area contributed by atoms with Gasteiger partial charge in [-0.3, -0.25) is 4.79 Å². The van der Waals surface area contributed by atoms with E-state index in [4.69, 9.17) is 9.47 Å². The number of hydrogen-bond donors (Lipinski definition) is 1. The molecule has 142 valence electrons. The van der Waals surface area contributed by atoms with Crippen molar-refractivity contribution in [3.05, 3.63) is 89.5 Å². The number of carbonyl (C=O) groups excluding carboxylic acids is 1. The van der Waals surface area contributed by atoms with Crippen LogP contribution in [0.25, 0.3) is 0 Å². The van der Waals surface area contributed by atoms with Crippen molar-refractivity contribution < 1.29 is 14.3 Å². The first-order valence-corrected chi connectivity index (χ1v) is 9.15. The van der Waals surface area contributed by atoms with Crippen molar-refractivity contribution in [3.8, 4) is 11.5 Å². The summed E-state index contributed by atoms with van der Waals surface area (Å²) in [5.74, 6) is 1.29. The number of fused-ring (bicyclic) bond motifs is 1. The monoisotopic (exact) mass is 374 g/mol. The first-order valence-electron chi connectivity index (χ1n) is 9.15. The molecule has 0 radical (unpaired) electrons. The number of amides is 1. The maximum absolute atomic E-state index is 12.7. The average molecular weight is 374 g/mol. The number of ether oxygens (including phenoxy) is 2. The summed E-state index contributed by atoms with van der Waals surface area (Å²) in [5.41, 5.74) is 3.52. The fourth-order valence-corrected chi connectivity index (χ4v) is 3.36. The Labute approximate surface area is 164 Å². The van der Waals surface area contributed by atoms with Crippen LogP contribution in [0.3, 0.4) is 0 Å². The molecule has 5 nitrogen and oxygen atoms in total. The second-order valence-corrected chi connectivity index (χ2v) is 6.69. The first-order chi connectivity index (χ1) is 13.7. The summed E-state index contributed by atoms with van der Waals surface area (Å²) in [6.07, 6.45) is -0.278. The van der Waals surface area contributed by atoms with Crippen LogP contribution in [-0.4, -0.2) is 25.0 Å². The Kier molecular flexibility index (Phi) is 4.89. The molecule has 28 heavy (non-hydrogen) atoms. The van der Waals surface area contributed by atoms with Crippen LogP contribution in [0.2, 0.25) is 0 Å². The third-order valence-corrected chi connectivity index (χ3v) is 4.90. The van der Waals surface area contributed by atoms with Crippen LogP contribution < -0.4 is 14.8 Å². The van der Waals surface area contributed by atoms with E-state index in [1.165, 1.54) is 0 Å². The van der Waals surface area contributed by atoms with E-state index < -0.39 is 0 Å². The number of nitrogens with one attached hydrogen (secondary N) is 1. The number of carbonyl (C=O) groups is 1. The maximum atomic E-state index is 12.7. The van der Waals surface area contributed by atoms with E-state index in [0.717, 1.165) is 16.8 Å². The number of nitrogens with zero attached hydrogens (tertiary/aromatic N) is 1. The van der Waals surface area contributed by atoms with Gasteiger partial charge in [0.05, 0.1) is 12.7 Å². The zero-order valence-electron chi connectivity index (χ0n) is 15.9. The van der Waals surface area contributed by atoms with E-state index in [0.29, 0.717) is 23.7 Å². The highest BCUT2D eigenvalue weighted by Crippen LogP contribution is 2.36. The Hall–Kier alpha value is -3.47. The van der Waals surface area contributed by atoms with Crippen molar-refractivity contribution in [2.75, 3.05) is 19.5 Å². The van der Waals surface area contributed by atoms with Crippen LogP contribution in [0, 0.1) is 0 Å². The van der Waals surface area contributed by atoms with E-state index in [9.17, 15) is 4.79 Å². The number of anilines is 1. The quantitative estimate of drug-likeness (QED) is 0.716. The summed E-state index contributed by atoms with van der Waals surface area (Å²) in [5, 5.41) is 3.43. The highest BCUT2D eigenvalue weighted by atomic mass is 16.5. The van der Waals surface area contributed by atoms with Crippen molar-refractivity contribution in [1.29, 1.82) is 0 Å². The normalized spacial score (nSPS) is 15.6. The molecular formula is C23H22N2O3. The van der Waals surface area contributed by atoms with Crippen molar-refractivity contribution in [1.82, 2.24) is 4.90 Å². The van der Waals surface area contributed by atoms with Crippen LogP contribution >= 0.6 is 0 Å². The molecule has 0 aromatic heterocycles. The highest BCUT2D eigenvalue weighted by molar-refractivity contribution is 6.01. The lowest BCUT2D eigenvalue weighted by Crippen LogP contribution is -2.40. The summed E-state index contributed by atoms with van der Waals surface area (Å²) in [6, 6.07) is 23.3. The van der Waals surface area contributed by atoms with E-state index in [-0.39, 0.29) is 12.1 Å². The van der Waals surface area contributed by atoms with Crippen molar-refractivity contribution in [2.45, 2.75) is 12.8 Å². The summed E-state index contributed by atoms with van der Waals surface area (Å²) < 4.78 is 11.5. The van der Waals surface area contributed by atoms with Crippen LogP contribution in [0.15, 0.2) is 72.8 Å². The third-order valence-electron chi connectivity index (χ3n) is 4.90. The minimum atomic E-state index is -0.278. The second-order valence-electron chi connectivity index (χ2n) is 6.69. The largest absolute Gasteiger partial charge is 0.493 e.